The van der Waals surface area contributed by atoms with Gasteiger partial charge in [0.2, 0.25) is 5.91 Å². The van der Waals surface area contributed by atoms with Crippen LogP contribution in [0.2, 0.25) is 0 Å². The number of carbonyl (C=O) groups is 1. The number of hydrogen-bond acceptors (Lipinski definition) is 6. The molecule has 9 heteroatoms. The van der Waals surface area contributed by atoms with Gasteiger partial charge >= 0.3 is 0 Å². The van der Waals surface area contributed by atoms with E-state index in [1.165, 1.54) is 17.1 Å². The molecule has 3 aromatic heterocycles. The lowest BCUT2D eigenvalue weighted by atomic mass is 9.91. The van der Waals surface area contributed by atoms with Crippen LogP contribution >= 0.6 is 0 Å². The van der Waals surface area contributed by atoms with Crippen LogP contribution in [0.15, 0.2) is 41.8 Å². The fraction of sp³-hybridized carbons (Fsp3) is 0.450. The third kappa shape index (κ3) is 3.31. The van der Waals surface area contributed by atoms with Crippen LogP contribution in [0.5, 0.6) is 0 Å². The Bertz CT molecular complexity index is 1110. The molecule has 9 nitrogen and oxygen atoms in total. The normalized spacial score (nSPS) is 18.9. The van der Waals surface area contributed by atoms with E-state index >= 15 is 0 Å². The van der Waals surface area contributed by atoms with Crippen LogP contribution in [0.4, 0.5) is 0 Å². The van der Waals surface area contributed by atoms with E-state index in [1.807, 2.05) is 11.0 Å². The minimum absolute atomic E-state index is 0.151. The van der Waals surface area contributed by atoms with Crippen molar-refractivity contribution in [2.75, 3.05) is 13.1 Å². The van der Waals surface area contributed by atoms with E-state index in [4.69, 9.17) is 0 Å². The Labute approximate surface area is 166 Å². The molecule has 2 aliphatic rings. The molecule has 0 aromatic carbocycles. The number of amides is 1. The van der Waals surface area contributed by atoms with Gasteiger partial charge in [0.05, 0.1) is 30.2 Å². The number of pyridine rings is 1. The standard InChI is InChI=1S/C20H22N6O3/c27-18(14-3-4-14)24-8-5-20(29,6-9-24)12-25-13-22-17-16(19(25)28)11-23-26(17)15-2-1-7-21-10-15/h1-2,7,10-11,13-14,29H,3-6,8-9,12H2. The van der Waals surface area contributed by atoms with Crippen molar-refractivity contribution in [3.8, 4) is 5.69 Å². The molecular weight excluding hydrogens is 372 g/mol. The van der Waals surface area contributed by atoms with Gasteiger partial charge in [-0.2, -0.15) is 5.10 Å². The van der Waals surface area contributed by atoms with Crippen LogP contribution in [0.3, 0.4) is 0 Å². The first-order valence-corrected chi connectivity index (χ1v) is 9.89. The van der Waals surface area contributed by atoms with E-state index < -0.39 is 5.60 Å². The van der Waals surface area contributed by atoms with Gasteiger partial charge in [-0.25, -0.2) is 9.67 Å². The highest BCUT2D eigenvalue weighted by atomic mass is 16.3. The number of aliphatic hydroxyl groups is 1. The van der Waals surface area contributed by atoms with Crippen molar-refractivity contribution >= 4 is 16.9 Å². The zero-order valence-electron chi connectivity index (χ0n) is 15.9. The van der Waals surface area contributed by atoms with Gasteiger partial charge in [-0.05, 0) is 37.8 Å². The lowest BCUT2D eigenvalue weighted by Crippen LogP contribution is -2.50. The summed E-state index contributed by atoms with van der Waals surface area (Å²) in [5.74, 6) is 0.391. The topological polar surface area (TPSA) is 106 Å². The number of nitrogens with zero attached hydrogens (tertiary/aromatic N) is 6. The van der Waals surface area contributed by atoms with E-state index in [0.29, 0.717) is 37.0 Å². The van der Waals surface area contributed by atoms with Crippen molar-refractivity contribution in [3.05, 3.63) is 47.4 Å². The Kier molecular flexibility index (Phi) is 4.20. The molecular formula is C20H22N6O3. The summed E-state index contributed by atoms with van der Waals surface area (Å²) in [7, 11) is 0. The molecule has 150 valence electrons. The number of likely N-dealkylation sites (tertiary alicyclic amines) is 1. The summed E-state index contributed by atoms with van der Waals surface area (Å²) in [5.41, 5.74) is -0.0941. The Hall–Kier alpha value is -3.07. The first kappa shape index (κ1) is 18.0. The smallest absolute Gasteiger partial charge is 0.264 e. The van der Waals surface area contributed by atoms with Gasteiger partial charge in [-0.3, -0.25) is 19.1 Å². The predicted molar refractivity (Wildman–Crippen MR) is 104 cm³/mol. The Morgan fingerprint density at radius 2 is 2.03 bits per heavy atom. The molecule has 1 saturated heterocycles. The largest absolute Gasteiger partial charge is 0.388 e. The number of hydrogen-bond donors (Lipinski definition) is 1. The number of fused-ring (bicyclic) bond motifs is 1. The number of piperidine rings is 1. The van der Waals surface area contributed by atoms with Crippen molar-refractivity contribution in [1.29, 1.82) is 0 Å². The molecule has 0 bridgehead atoms. The second-order valence-electron chi connectivity index (χ2n) is 8.01. The molecule has 3 aromatic rings. The molecule has 1 amide bonds. The molecule has 1 saturated carbocycles. The van der Waals surface area contributed by atoms with Gasteiger partial charge in [-0.1, -0.05) is 0 Å². The zero-order valence-corrected chi connectivity index (χ0v) is 15.9. The van der Waals surface area contributed by atoms with Gasteiger partial charge < -0.3 is 10.0 Å². The van der Waals surface area contributed by atoms with E-state index in [0.717, 1.165) is 18.5 Å². The first-order chi connectivity index (χ1) is 14.0. The highest BCUT2D eigenvalue weighted by Gasteiger charge is 2.39. The van der Waals surface area contributed by atoms with E-state index in [9.17, 15) is 14.7 Å². The fourth-order valence-corrected chi connectivity index (χ4v) is 3.94. The van der Waals surface area contributed by atoms with Crippen LogP contribution < -0.4 is 5.56 Å². The minimum atomic E-state index is -1.03. The summed E-state index contributed by atoms with van der Waals surface area (Å²) >= 11 is 0. The fourth-order valence-electron chi connectivity index (χ4n) is 3.94. The molecule has 1 aliphatic heterocycles. The lowest BCUT2D eigenvalue weighted by Gasteiger charge is -2.38. The SMILES string of the molecule is O=C(C1CC1)N1CCC(O)(Cn2cnc3c(cnn3-c3cccnc3)c2=O)CC1. The Balaban J connectivity index is 1.36. The highest BCUT2D eigenvalue weighted by Crippen LogP contribution is 2.33. The van der Waals surface area contributed by atoms with E-state index in [2.05, 4.69) is 15.1 Å². The molecule has 0 spiro atoms. The first-order valence-electron chi connectivity index (χ1n) is 9.89. The highest BCUT2D eigenvalue weighted by molar-refractivity contribution is 5.81. The van der Waals surface area contributed by atoms with Crippen molar-refractivity contribution in [2.45, 2.75) is 37.8 Å². The minimum Gasteiger partial charge on any atom is -0.388 e. The Morgan fingerprint density at radius 1 is 1.24 bits per heavy atom. The molecule has 0 atom stereocenters. The molecule has 1 N–H and O–H groups in total. The molecule has 1 aliphatic carbocycles. The monoisotopic (exact) mass is 394 g/mol. The van der Waals surface area contributed by atoms with E-state index in [1.54, 1.807) is 23.1 Å². The van der Waals surface area contributed by atoms with Crippen molar-refractivity contribution in [2.24, 2.45) is 5.92 Å². The van der Waals surface area contributed by atoms with Crippen LogP contribution in [-0.2, 0) is 11.3 Å². The summed E-state index contributed by atoms with van der Waals surface area (Å²) in [4.78, 5) is 35.5. The molecule has 29 heavy (non-hydrogen) atoms. The van der Waals surface area contributed by atoms with Gasteiger partial charge in [-0.15, -0.1) is 0 Å². The zero-order chi connectivity index (χ0) is 20.0. The summed E-state index contributed by atoms with van der Waals surface area (Å²) < 4.78 is 3.01. The van der Waals surface area contributed by atoms with Gasteiger partial charge in [0.25, 0.3) is 5.56 Å². The second kappa shape index (κ2) is 6.77. The maximum atomic E-state index is 12.9. The molecule has 5 rings (SSSR count). The van der Waals surface area contributed by atoms with Crippen LogP contribution in [0, 0.1) is 5.92 Å². The molecule has 0 unspecified atom stereocenters. The van der Waals surface area contributed by atoms with E-state index in [-0.39, 0.29) is 23.9 Å². The summed E-state index contributed by atoms with van der Waals surface area (Å²) in [6, 6.07) is 3.63. The van der Waals surface area contributed by atoms with Gasteiger partial charge in [0.1, 0.15) is 11.7 Å². The van der Waals surface area contributed by atoms with Crippen LogP contribution in [0.25, 0.3) is 16.7 Å². The lowest BCUT2D eigenvalue weighted by molar-refractivity contribution is -0.137. The second-order valence-corrected chi connectivity index (χ2v) is 8.01. The predicted octanol–water partition coefficient (Wildman–Crippen LogP) is 0.741. The van der Waals surface area contributed by atoms with Crippen LogP contribution in [-0.4, -0.2) is 58.9 Å². The number of carbonyl (C=O) groups excluding carboxylic acids is 1. The van der Waals surface area contributed by atoms with Crippen LogP contribution in [0.1, 0.15) is 25.7 Å². The molecule has 4 heterocycles. The summed E-state index contributed by atoms with van der Waals surface area (Å²) in [5, 5.41) is 15.7. The summed E-state index contributed by atoms with van der Waals surface area (Å²) in [6.07, 6.45) is 9.13. The van der Waals surface area contributed by atoms with Crippen molar-refractivity contribution in [1.82, 2.24) is 29.2 Å². The number of aromatic nitrogens is 5. The maximum absolute atomic E-state index is 12.9. The maximum Gasteiger partial charge on any atom is 0.264 e. The van der Waals surface area contributed by atoms with Gasteiger partial charge in [0, 0.05) is 25.2 Å². The third-order valence-electron chi connectivity index (χ3n) is 5.84. The molecule has 2 fully saturated rings. The van der Waals surface area contributed by atoms with Crippen molar-refractivity contribution in [3.63, 3.8) is 0 Å². The average molecular weight is 394 g/mol. The summed E-state index contributed by atoms with van der Waals surface area (Å²) in [6.45, 7) is 1.20. The average Bonchev–Trinajstić information content (AvgIpc) is 3.50. The number of rotatable bonds is 4. The third-order valence-corrected chi connectivity index (χ3v) is 5.84. The Morgan fingerprint density at radius 3 is 2.72 bits per heavy atom. The van der Waals surface area contributed by atoms with Gasteiger partial charge in [0.15, 0.2) is 5.65 Å². The van der Waals surface area contributed by atoms with Crippen molar-refractivity contribution < 1.29 is 9.90 Å². The quantitative estimate of drug-likeness (QED) is 0.700. The molecule has 0 radical (unpaired) electrons.